The van der Waals surface area contributed by atoms with Crippen molar-refractivity contribution in [2.45, 2.75) is 50.7 Å². The highest BCUT2D eigenvalue weighted by atomic mass is 16.5. The zero-order valence-corrected chi connectivity index (χ0v) is 14.6. The number of amides is 2. The summed E-state index contributed by atoms with van der Waals surface area (Å²) < 4.78 is 6.55. The predicted octanol–water partition coefficient (Wildman–Crippen LogP) is 0.258. The molecule has 2 heterocycles. The third-order valence-electron chi connectivity index (χ3n) is 4.83. The first-order valence-electron chi connectivity index (χ1n) is 8.98. The van der Waals surface area contributed by atoms with Crippen LogP contribution in [-0.2, 0) is 20.9 Å². The zero-order valence-electron chi connectivity index (χ0n) is 14.6. The number of nitrogens with zero attached hydrogens (tertiary/aromatic N) is 3. The first-order chi connectivity index (χ1) is 12.5. The summed E-state index contributed by atoms with van der Waals surface area (Å²) in [7, 11) is 0. The van der Waals surface area contributed by atoms with Crippen molar-refractivity contribution in [1.29, 1.82) is 0 Å². The van der Waals surface area contributed by atoms with Crippen LogP contribution in [0.15, 0.2) is 12.4 Å². The van der Waals surface area contributed by atoms with Crippen molar-refractivity contribution in [2.75, 3.05) is 19.8 Å². The Balaban J connectivity index is 1.58. The van der Waals surface area contributed by atoms with E-state index in [0.29, 0.717) is 6.61 Å². The number of carbonyl (C=O) groups is 3. The Hall–Kier alpha value is -2.42. The Kier molecular flexibility index (Phi) is 5.87. The van der Waals surface area contributed by atoms with Gasteiger partial charge < -0.3 is 20.1 Å². The third kappa shape index (κ3) is 4.40. The van der Waals surface area contributed by atoms with Gasteiger partial charge in [0.2, 0.25) is 5.91 Å². The molecule has 1 unspecified atom stereocenters. The molecule has 1 saturated carbocycles. The van der Waals surface area contributed by atoms with E-state index in [-0.39, 0.29) is 37.2 Å². The van der Waals surface area contributed by atoms with Crippen LogP contribution >= 0.6 is 0 Å². The summed E-state index contributed by atoms with van der Waals surface area (Å²) in [6, 6.07) is -0.785. The molecular formula is C17H24N4O5. The summed E-state index contributed by atoms with van der Waals surface area (Å²) in [4.78, 5) is 37.3. The average Bonchev–Trinajstić information content (AvgIpc) is 3.10. The molecule has 1 aromatic heterocycles. The maximum atomic E-state index is 12.6. The maximum Gasteiger partial charge on any atom is 0.328 e. The molecule has 2 N–H and O–H groups in total. The van der Waals surface area contributed by atoms with Gasteiger partial charge in [0.25, 0.3) is 5.91 Å². The highest BCUT2D eigenvalue weighted by molar-refractivity contribution is 5.96. The summed E-state index contributed by atoms with van der Waals surface area (Å²) in [5.74, 6) is -1.65. The van der Waals surface area contributed by atoms with Crippen LogP contribution in [0.2, 0.25) is 0 Å². The minimum Gasteiger partial charge on any atom is -0.480 e. The molecule has 142 valence electrons. The Morgan fingerprint density at radius 2 is 2.04 bits per heavy atom. The smallest absolute Gasteiger partial charge is 0.328 e. The van der Waals surface area contributed by atoms with Gasteiger partial charge in [-0.25, -0.2) is 4.79 Å². The molecule has 2 fully saturated rings. The van der Waals surface area contributed by atoms with Gasteiger partial charge in [-0.05, 0) is 12.8 Å². The van der Waals surface area contributed by atoms with E-state index >= 15 is 0 Å². The van der Waals surface area contributed by atoms with E-state index in [4.69, 9.17) is 4.74 Å². The van der Waals surface area contributed by atoms with Gasteiger partial charge in [0.05, 0.1) is 25.0 Å². The predicted molar refractivity (Wildman–Crippen MR) is 90.5 cm³/mol. The SMILES string of the molecule is O=C(Cn1cc(C(=O)N2CCOCC2C(=O)O)cn1)NC1CCCCC1. The monoisotopic (exact) mass is 364 g/mol. The number of rotatable bonds is 5. The fraction of sp³-hybridized carbons (Fsp3) is 0.647. The molecule has 1 aromatic rings. The Morgan fingerprint density at radius 3 is 2.77 bits per heavy atom. The Bertz CT molecular complexity index is 668. The molecule has 0 radical (unpaired) electrons. The van der Waals surface area contributed by atoms with Gasteiger partial charge in [-0.15, -0.1) is 0 Å². The first kappa shape index (κ1) is 18.4. The van der Waals surface area contributed by atoms with Crippen LogP contribution in [-0.4, -0.2) is 69.4 Å². The number of morpholine rings is 1. The van der Waals surface area contributed by atoms with Gasteiger partial charge in [-0.3, -0.25) is 14.3 Å². The number of aliphatic carboxylic acids is 1. The van der Waals surface area contributed by atoms with Crippen molar-refractivity contribution in [2.24, 2.45) is 0 Å². The van der Waals surface area contributed by atoms with E-state index in [9.17, 15) is 19.5 Å². The lowest BCUT2D eigenvalue weighted by Crippen LogP contribution is -2.52. The third-order valence-corrected chi connectivity index (χ3v) is 4.83. The van der Waals surface area contributed by atoms with Crippen LogP contribution in [0.25, 0.3) is 0 Å². The fourth-order valence-electron chi connectivity index (χ4n) is 3.45. The molecule has 9 nitrogen and oxygen atoms in total. The van der Waals surface area contributed by atoms with Crippen molar-refractivity contribution in [3.05, 3.63) is 18.0 Å². The number of carboxylic acids is 1. The normalized spacial score (nSPS) is 21.4. The van der Waals surface area contributed by atoms with E-state index < -0.39 is 17.9 Å². The van der Waals surface area contributed by atoms with Gasteiger partial charge in [-0.2, -0.15) is 5.10 Å². The molecule has 3 rings (SSSR count). The number of hydrogen-bond acceptors (Lipinski definition) is 5. The molecule has 1 saturated heterocycles. The molecular weight excluding hydrogens is 340 g/mol. The second kappa shape index (κ2) is 8.31. The Labute approximate surface area is 151 Å². The standard InChI is InChI=1S/C17H24N4O5/c22-15(19-13-4-2-1-3-5-13)10-20-9-12(8-18-20)16(23)21-6-7-26-11-14(21)17(24)25/h8-9,13-14H,1-7,10-11H2,(H,19,22)(H,24,25). The summed E-state index contributed by atoms with van der Waals surface area (Å²) in [5.41, 5.74) is 0.267. The molecule has 1 aliphatic carbocycles. The molecule has 26 heavy (non-hydrogen) atoms. The molecule has 2 amide bonds. The number of ether oxygens (including phenoxy) is 1. The van der Waals surface area contributed by atoms with Gasteiger partial charge in [0.1, 0.15) is 6.54 Å². The highest BCUT2D eigenvalue weighted by Gasteiger charge is 2.33. The molecule has 9 heteroatoms. The molecule has 1 atom stereocenters. The van der Waals surface area contributed by atoms with Crippen LogP contribution in [0.1, 0.15) is 42.5 Å². The minimum absolute atomic E-state index is 0.0288. The van der Waals surface area contributed by atoms with Gasteiger partial charge in [-0.1, -0.05) is 19.3 Å². The molecule has 2 aliphatic rings. The van der Waals surface area contributed by atoms with Crippen molar-refractivity contribution in [3.8, 4) is 0 Å². The van der Waals surface area contributed by atoms with Crippen LogP contribution in [0.5, 0.6) is 0 Å². The van der Waals surface area contributed by atoms with E-state index in [1.165, 1.54) is 28.4 Å². The number of aromatic nitrogens is 2. The van der Waals surface area contributed by atoms with E-state index in [1.807, 2.05) is 0 Å². The number of carboxylic acid groups (broad SMARTS) is 1. The molecule has 1 aliphatic heterocycles. The second-order valence-corrected chi connectivity index (χ2v) is 6.76. The van der Waals surface area contributed by atoms with Crippen LogP contribution in [0.4, 0.5) is 0 Å². The van der Waals surface area contributed by atoms with Crippen LogP contribution in [0.3, 0.4) is 0 Å². The molecule has 0 spiro atoms. The van der Waals surface area contributed by atoms with E-state index in [2.05, 4.69) is 10.4 Å². The minimum atomic E-state index is -1.10. The largest absolute Gasteiger partial charge is 0.480 e. The van der Waals surface area contributed by atoms with Gasteiger partial charge >= 0.3 is 5.97 Å². The lowest BCUT2D eigenvalue weighted by Gasteiger charge is -2.32. The maximum absolute atomic E-state index is 12.6. The first-order valence-corrected chi connectivity index (χ1v) is 8.98. The van der Waals surface area contributed by atoms with Gasteiger partial charge in [0, 0.05) is 18.8 Å². The number of nitrogens with one attached hydrogen (secondary N) is 1. The van der Waals surface area contributed by atoms with Crippen molar-refractivity contribution >= 4 is 17.8 Å². The van der Waals surface area contributed by atoms with Crippen LogP contribution in [0, 0.1) is 0 Å². The van der Waals surface area contributed by atoms with E-state index in [1.54, 1.807) is 0 Å². The zero-order chi connectivity index (χ0) is 18.5. The van der Waals surface area contributed by atoms with Crippen LogP contribution < -0.4 is 5.32 Å². The molecule has 0 bridgehead atoms. The second-order valence-electron chi connectivity index (χ2n) is 6.76. The Morgan fingerprint density at radius 1 is 1.27 bits per heavy atom. The lowest BCUT2D eigenvalue weighted by atomic mass is 9.95. The number of hydrogen-bond donors (Lipinski definition) is 2. The lowest BCUT2D eigenvalue weighted by molar-refractivity contribution is -0.147. The summed E-state index contributed by atoms with van der Waals surface area (Å²) in [5, 5.41) is 16.3. The quantitative estimate of drug-likeness (QED) is 0.775. The fourth-order valence-corrected chi connectivity index (χ4v) is 3.45. The van der Waals surface area contributed by atoms with E-state index in [0.717, 1.165) is 25.7 Å². The van der Waals surface area contributed by atoms with Crippen molar-refractivity contribution in [1.82, 2.24) is 20.0 Å². The summed E-state index contributed by atoms with van der Waals surface area (Å²) in [6.07, 6.45) is 8.34. The van der Waals surface area contributed by atoms with Crippen molar-refractivity contribution in [3.63, 3.8) is 0 Å². The highest BCUT2D eigenvalue weighted by Crippen LogP contribution is 2.17. The van der Waals surface area contributed by atoms with Gasteiger partial charge in [0.15, 0.2) is 6.04 Å². The van der Waals surface area contributed by atoms with Crippen molar-refractivity contribution < 1.29 is 24.2 Å². The summed E-state index contributed by atoms with van der Waals surface area (Å²) in [6.45, 7) is 0.519. The number of carbonyl (C=O) groups excluding carboxylic acids is 2. The average molecular weight is 364 g/mol. The topological polar surface area (TPSA) is 114 Å². The molecule has 0 aromatic carbocycles. The summed E-state index contributed by atoms with van der Waals surface area (Å²) >= 11 is 0.